The van der Waals surface area contributed by atoms with Crippen molar-refractivity contribution in [1.82, 2.24) is 5.32 Å². The SMILES string of the molecule is CCCC[C@@H](C)[C@H](OC(=O)C[C@@H](CCOC(=O)c1ccc2ccccc2c1)COC(=O)c1ccc2ccccc2c1)[C@H](C[C@@H](C)C[C@H](CCCC[C@H](C[C@H](OC(C)=O)[C@H](C)NC(C)=O)OC(C)=O)OC(C)=O)OC(=O)C[C@@H](CCOC(=O)c1ccc2ccccc2c1)COC(=O)c1ccc2ccccc2c1. The van der Waals surface area contributed by atoms with E-state index in [0.717, 1.165) is 49.5 Å². The van der Waals surface area contributed by atoms with Crippen LogP contribution in [0.25, 0.3) is 43.1 Å². The Bertz CT molecular complexity index is 4320. The summed E-state index contributed by atoms with van der Waals surface area (Å²) in [6, 6.07) is 50.6. The van der Waals surface area contributed by atoms with E-state index in [0.29, 0.717) is 55.2 Å². The third kappa shape index (κ3) is 26.3. The molecule has 0 bridgehead atoms. The molecule has 0 fully saturated rings. The number of hydrogen-bond donors (Lipinski definition) is 1. The summed E-state index contributed by atoms with van der Waals surface area (Å²) in [5, 5.41) is 9.80. The number of carbonyl (C=O) groups excluding carboxylic acids is 10. The molecule has 8 rings (SSSR count). The van der Waals surface area contributed by atoms with E-state index < -0.39 is 114 Å². The number of fused-ring (bicyclic) bond motifs is 4. The molecular formula is C86H99NO19. The van der Waals surface area contributed by atoms with Crippen molar-refractivity contribution in [3.05, 3.63) is 192 Å². The topological polar surface area (TPSA) is 266 Å². The van der Waals surface area contributed by atoms with Gasteiger partial charge in [-0.1, -0.05) is 155 Å². The van der Waals surface area contributed by atoms with Crippen LogP contribution in [0.3, 0.4) is 0 Å². The quantitative estimate of drug-likeness (QED) is 0.0212. The first kappa shape index (κ1) is 81.2. The molecule has 0 spiro atoms. The van der Waals surface area contributed by atoms with E-state index in [1.165, 1.54) is 27.7 Å². The van der Waals surface area contributed by atoms with Crippen LogP contribution in [-0.2, 0) is 71.4 Å². The van der Waals surface area contributed by atoms with Crippen molar-refractivity contribution in [3.8, 4) is 0 Å². The Morgan fingerprint density at radius 3 is 1.11 bits per heavy atom. The summed E-state index contributed by atoms with van der Waals surface area (Å²) in [5.41, 5.74) is 1.22. The third-order valence-electron chi connectivity index (χ3n) is 18.8. The van der Waals surface area contributed by atoms with Crippen molar-refractivity contribution < 1.29 is 90.6 Å². The predicted molar refractivity (Wildman–Crippen MR) is 402 cm³/mol. The number of unbranched alkanes of at least 4 members (excludes halogenated alkanes) is 2. The van der Waals surface area contributed by atoms with Gasteiger partial charge in [-0.15, -0.1) is 0 Å². The number of rotatable bonds is 41. The fourth-order valence-corrected chi connectivity index (χ4v) is 13.3. The van der Waals surface area contributed by atoms with Crippen LogP contribution < -0.4 is 5.32 Å². The lowest BCUT2D eigenvalue weighted by atomic mass is 9.87. The Kier molecular flexibility index (Phi) is 31.6. The maximum atomic E-state index is 15.1. The molecule has 20 nitrogen and oxygen atoms in total. The number of carbonyl (C=O) groups is 10. The summed E-state index contributed by atoms with van der Waals surface area (Å²) in [6.07, 6.45) is -0.833. The second-order valence-corrected chi connectivity index (χ2v) is 27.7. The van der Waals surface area contributed by atoms with Crippen molar-refractivity contribution in [2.45, 2.75) is 182 Å². The second-order valence-electron chi connectivity index (χ2n) is 27.7. The smallest absolute Gasteiger partial charge is 0.338 e. The molecule has 10 atom stereocenters. The van der Waals surface area contributed by atoms with Gasteiger partial charge >= 0.3 is 53.7 Å². The van der Waals surface area contributed by atoms with Crippen molar-refractivity contribution in [2.75, 3.05) is 26.4 Å². The molecule has 0 saturated heterocycles. The summed E-state index contributed by atoms with van der Waals surface area (Å²) >= 11 is 0. The third-order valence-corrected chi connectivity index (χ3v) is 18.8. The summed E-state index contributed by atoms with van der Waals surface area (Å²) in [7, 11) is 0. The molecule has 0 aliphatic heterocycles. The second kappa shape index (κ2) is 41.3. The molecular weight excluding hydrogens is 1350 g/mol. The fraction of sp³-hybridized carbons (Fsp3) is 0.419. The summed E-state index contributed by atoms with van der Waals surface area (Å²) < 4.78 is 54.1. The van der Waals surface area contributed by atoms with Crippen LogP contribution in [0.1, 0.15) is 187 Å². The molecule has 0 aromatic heterocycles. The molecule has 0 aliphatic carbocycles. The zero-order valence-electron chi connectivity index (χ0n) is 61.9. The van der Waals surface area contributed by atoms with Gasteiger partial charge in [0.2, 0.25) is 5.91 Å². The van der Waals surface area contributed by atoms with Crippen LogP contribution in [0.2, 0.25) is 0 Å². The zero-order valence-corrected chi connectivity index (χ0v) is 61.9. The van der Waals surface area contributed by atoms with E-state index in [4.69, 9.17) is 42.6 Å². The Morgan fingerprint density at radius 2 is 0.736 bits per heavy atom. The highest BCUT2D eigenvalue weighted by Gasteiger charge is 2.37. The molecule has 0 saturated carbocycles. The normalized spacial score (nSPS) is 14.2. The van der Waals surface area contributed by atoms with Gasteiger partial charge in [-0.25, -0.2) is 19.2 Å². The van der Waals surface area contributed by atoms with Gasteiger partial charge in [-0.2, -0.15) is 0 Å². The van der Waals surface area contributed by atoms with Gasteiger partial charge in [0.15, 0.2) is 0 Å². The Balaban J connectivity index is 1.05. The van der Waals surface area contributed by atoms with Crippen LogP contribution >= 0.6 is 0 Å². The van der Waals surface area contributed by atoms with Crippen LogP contribution in [0.4, 0.5) is 0 Å². The van der Waals surface area contributed by atoms with Crippen molar-refractivity contribution in [1.29, 1.82) is 0 Å². The molecule has 562 valence electrons. The van der Waals surface area contributed by atoms with Gasteiger partial charge in [-0.3, -0.25) is 28.8 Å². The largest absolute Gasteiger partial charge is 0.463 e. The average Bonchev–Trinajstić information content (AvgIpc) is 0.845. The maximum absolute atomic E-state index is 15.1. The van der Waals surface area contributed by atoms with Gasteiger partial charge in [0.25, 0.3) is 0 Å². The van der Waals surface area contributed by atoms with Gasteiger partial charge in [0, 0.05) is 46.0 Å². The number of amides is 1. The first-order valence-electron chi connectivity index (χ1n) is 36.8. The molecule has 0 heterocycles. The number of esters is 9. The van der Waals surface area contributed by atoms with Gasteiger partial charge in [-0.05, 0) is 168 Å². The predicted octanol–water partition coefficient (Wildman–Crippen LogP) is 16.2. The monoisotopic (exact) mass is 1450 g/mol. The lowest BCUT2D eigenvalue weighted by Gasteiger charge is -2.34. The van der Waals surface area contributed by atoms with E-state index >= 15 is 4.79 Å². The molecule has 0 radical (unpaired) electrons. The van der Waals surface area contributed by atoms with E-state index in [2.05, 4.69) is 5.32 Å². The average molecular weight is 1450 g/mol. The molecule has 0 unspecified atom stereocenters. The molecule has 20 heteroatoms. The lowest BCUT2D eigenvalue weighted by Crippen LogP contribution is -2.44. The van der Waals surface area contributed by atoms with E-state index in [1.807, 2.05) is 142 Å². The number of ether oxygens (including phenoxy) is 9. The number of benzene rings is 8. The van der Waals surface area contributed by atoms with Crippen LogP contribution in [0, 0.1) is 23.7 Å². The summed E-state index contributed by atoms with van der Waals surface area (Å²) in [5.74, 6) is -8.24. The minimum atomic E-state index is -1.15. The summed E-state index contributed by atoms with van der Waals surface area (Å²) in [4.78, 5) is 135. The van der Waals surface area contributed by atoms with E-state index in [9.17, 15) is 43.2 Å². The van der Waals surface area contributed by atoms with Crippen LogP contribution in [0.15, 0.2) is 170 Å². The first-order chi connectivity index (χ1) is 51.0. The number of nitrogens with one attached hydrogen (secondary N) is 1. The van der Waals surface area contributed by atoms with Crippen LogP contribution in [0.5, 0.6) is 0 Å². The van der Waals surface area contributed by atoms with Crippen molar-refractivity contribution >= 4 is 103 Å². The number of hydrogen-bond acceptors (Lipinski definition) is 19. The summed E-state index contributed by atoms with van der Waals surface area (Å²) in [6.45, 7) is 11.9. The minimum Gasteiger partial charge on any atom is -0.463 e. The molecule has 1 amide bonds. The van der Waals surface area contributed by atoms with E-state index in [-0.39, 0.29) is 82.8 Å². The Labute approximate surface area is 619 Å². The lowest BCUT2D eigenvalue weighted by molar-refractivity contribution is -0.176. The molecule has 1 N–H and O–H groups in total. The van der Waals surface area contributed by atoms with Gasteiger partial charge < -0.3 is 47.9 Å². The highest BCUT2D eigenvalue weighted by Crippen LogP contribution is 2.32. The Hall–Kier alpha value is -10.5. The molecule has 0 aliphatic rings. The van der Waals surface area contributed by atoms with Crippen LogP contribution in [-0.4, -0.2) is 123 Å². The molecule has 8 aromatic rings. The Morgan fingerprint density at radius 1 is 0.368 bits per heavy atom. The highest BCUT2D eigenvalue weighted by molar-refractivity contribution is 5.98. The first-order valence-corrected chi connectivity index (χ1v) is 36.8. The van der Waals surface area contributed by atoms with Gasteiger partial charge in [0.05, 0.1) is 67.6 Å². The van der Waals surface area contributed by atoms with E-state index in [1.54, 1.807) is 55.5 Å². The van der Waals surface area contributed by atoms with Crippen molar-refractivity contribution in [3.63, 3.8) is 0 Å². The zero-order chi connectivity index (χ0) is 76.1. The van der Waals surface area contributed by atoms with Gasteiger partial charge in [0.1, 0.15) is 30.5 Å². The molecule has 8 aromatic carbocycles. The maximum Gasteiger partial charge on any atom is 0.338 e. The minimum absolute atomic E-state index is 0.0604. The van der Waals surface area contributed by atoms with Crippen molar-refractivity contribution in [2.24, 2.45) is 23.7 Å². The highest BCUT2D eigenvalue weighted by atomic mass is 16.6. The molecule has 106 heavy (non-hydrogen) atoms. The fourth-order valence-electron chi connectivity index (χ4n) is 13.3. The standard InChI is InChI=1S/C86H99NO19/c1-9-10-21-56(3)82(106-81(93)47-63(54-101-86(97)75-39-35-67-25-14-18-29-71(67)51-75)41-43-99-84(95)73-37-33-65-23-12-16-27-69(65)49-73)79(45-55(2)44-76(102-59(6)89)30-19-20-31-77(103-60(7)90)52-78(104-61(8)91)57(4)87-58(5)88)105-80(92)46-62(53-100-85(96)74-38-34-66-24-13-17-28-70(66)50-74)40-42-98-83(94)72-36-32-64-22-11-15-26-68(64)48-72/h11-18,22-29,32-39,48-51,55-57,62-63,76-79,82H,9-10,19-21,30-31,40-47,52-54H2,1-8H3,(H,87,88)/t55-,56+,57-,62+,63+,76-,77+,78-,79-,82-/m0/s1.